The summed E-state index contributed by atoms with van der Waals surface area (Å²) in [5.74, 6) is 0.528. The highest BCUT2D eigenvalue weighted by Crippen LogP contribution is 2.52. The maximum absolute atomic E-state index is 11.2. The number of nitrogens with zero attached hydrogens (tertiary/aromatic N) is 1. The minimum atomic E-state index is -0.386. The molecule has 1 aliphatic carbocycles. The Morgan fingerprint density at radius 2 is 1.92 bits per heavy atom. The molecule has 0 spiro atoms. The fourth-order valence-electron chi connectivity index (χ4n) is 3.98. The van der Waals surface area contributed by atoms with Crippen molar-refractivity contribution in [3.8, 4) is 0 Å². The van der Waals surface area contributed by atoms with Crippen molar-refractivity contribution in [1.29, 1.82) is 0 Å². The standard InChI is InChI=1S/C19H16Cl2N2O2/c1-10-16(20)8-6-14-12-3-2-4-13(12)19(22-18(10)14)15-9-11(23(24)25)5-7-17(15)21/h2-3,5-9,12-13,19,22H,4H2,1H3/t12-,13-,19+/m1/s1. The third kappa shape index (κ3) is 2.60. The van der Waals surface area contributed by atoms with E-state index in [0.717, 1.165) is 23.2 Å². The minimum Gasteiger partial charge on any atom is -0.377 e. The number of anilines is 1. The normalized spacial score (nSPS) is 23.7. The van der Waals surface area contributed by atoms with Crippen LogP contribution in [0.4, 0.5) is 11.4 Å². The van der Waals surface area contributed by atoms with Crippen LogP contribution in [0.15, 0.2) is 42.5 Å². The van der Waals surface area contributed by atoms with Crippen molar-refractivity contribution in [3.63, 3.8) is 0 Å². The zero-order valence-corrected chi connectivity index (χ0v) is 15.0. The van der Waals surface area contributed by atoms with Crippen molar-refractivity contribution < 1.29 is 4.92 Å². The van der Waals surface area contributed by atoms with Crippen LogP contribution in [0.2, 0.25) is 10.0 Å². The second-order valence-corrected chi connectivity index (χ2v) is 7.39. The number of non-ortho nitro benzene ring substituents is 1. The monoisotopic (exact) mass is 374 g/mol. The van der Waals surface area contributed by atoms with Crippen molar-refractivity contribution in [3.05, 3.63) is 79.3 Å². The van der Waals surface area contributed by atoms with Crippen LogP contribution in [0, 0.1) is 23.0 Å². The first kappa shape index (κ1) is 16.4. The van der Waals surface area contributed by atoms with E-state index in [4.69, 9.17) is 23.2 Å². The van der Waals surface area contributed by atoms with E-state index in [9.17, 15) is 10.1 Å². The number of hydrogen-bond acceptors (Lipinski definition) is 3. The Kier molecular flexibility index (Phi) is 3.97. The highest BCUT2D eigenvalue weighted by molar-refractivity contribution is 6.32. The molecule has 25 heavy (non-hydrogen) atoms. The second-order valence-electron chi connectivity index (χ2n) is 6.58. The Bertz CT molecular complexity index is 911. The number of benzene rings is 2. The molecule has 0 fully saturated rings. The van der Waals surface area contributed by atoms with Crippen LogP contribution >= 0.6 is 23.2 Å². The second kappa shape index (κ2) is 6.04. The van der Waals surface area contributed by atoms with Crippen molar-refractivity contribution >= 4 is 34.6 Å². The predicted octanol–water partition coefficient (Wildman–Crippen LogP) is 6.04. The lowest BCUT2D eigenvalue weighted by atomic mass is 9.76. The molecule has 0 unspecified atom stereocenters. The first-order chi connectivity index (χ1) is 12.0. The molecule has 1 heterocycles. The van der Waals surface area contributed by atoms with E-state index in [-0.39, 0.29) is 28.5 Å². The number of nitro groups is 1. The lowest BCUT2D eigenvalue weighted by Gasteiger charge is -2.38. The molecule has 0 radical (unpaired) electrons. The molecule has 0 saturated carbocycles. The van der Waals surface area contributed by atoms with Gasteiger partial charge in [0.15, 0.2) is 0 Å². The van der Waals surface area contributed by atoms with E-state index in [2.05, 4.69) is 23.5 Å². The highest BCUT2D eigenvalue weighted by Gasteiger charge is 2.39. The van der Waals surface area contributed by atoms with Gasteiger partial charge in [-0.25, -0.2) is 0 Å². The van der Waals surface area contributed by atoms with Crippen LogP contribution in [0.25, 0.3) is 0 Å². The van der Waals surface area contributed by atoms with Crippen LogP contribution in [0.5, 0.6) is 0 Å². The van der Waals surface area contributed by atoms with Gasteiger partial charge >= 0.3 is 0 Å². The molecule has 0 bridgehead atoms. The molecule has 2 aromatic carbocycles. The van der Waals surface area contributed by atoms with Gasteiger partial charge in [0.05, 0.1) is 11.0 Å². The number of rotatable bonds is 2. The van der Waals surface area contributed by atoms with Gasteiger partial charge in [-0.2, -0.15) is 0 Å². The highest BCUT2D eigenvalue weighted by atomic mass is 35.5. The zero-order chi connectivity index (χ0) is 17.7. The number of fused-ring (bicyclic) bond motifs is 3. The first-order valence-corrected chi connectivity index (χ1v) is 8.89. The van der Waals surface area contributed by atoms with Crippen LogP contribution in [-0.2, 0) is 0 Å². The maximum atomic E-state index is 11.2. The van der Waals surface area contributed by atoms with E-state index in [1.54, 1.807) is 12.1 Å². The third-order valence-corrected chi connectivity index (χ3v) is 6.01. The van der Waals surface area contributed by atoms with Crippen molar-refractivity contribution in [2.75, 3.05) is 5.32 Å². The lowest BCUT2D eigenvalue weighted by molar-refractivity contribution is -0.384. The summed E-state index contributed by atoms with van der Waals surface area (Å²) in [4.78, 5) is 10.8. The first-order valence-electron chi connectivity index (χ1n) is 8.13. The molecule has 1 aliphatic heterocycles. The van der Waals surface area contributed by atoms with E-state index >= 15 is 0 Å². The predicted molar refractivity (Wildman–Crippen MR) is 101 cm³/mol. The molecule has 0 saturated heterocycles. The Morgan fingerprint density at radius 3 is 2.68 bits per heavy atom. The Labute approximate surface area is 155 Å². The molecule has 6 heteroatoms. The van der Waals surface area contributed by atoms with Crippen molar-refractivity contribution in [1.82, 2.24) is 0 Å². The molecule has 128 valence electrons. The van der Waals surface area contributed by atoms with Gasteiger partial charge in [0, 0.05) is 39.3 Å². The molecular formula is C19H16Cl2N2O2. The number of halogens is 2. The molecular weight excluding hydrogens is 359 g/mol. The third-order valence-electron chi connectivity index (χ3n) is 5.26. The Hall–Kier alpha value is -2.04. The molecule has 2 aromatic rings. The van der Waals surface area contributed by atoms with Gasteiger partial charge < -0.3 is 5.32 Å². The zero-order valence-electron chi connectivity index (χ0n) is 13.5. The molecule has 2 aliphatic rings. The number of allylic oxidation sites excluding steroid dienone is 2. The fraction of sp³-hybridized carbons (Fsp3) is 0.263. The summed E-state index contributed by atoms with van der Waals surface area (Å²) in [6.45, 7) is 1.99. The largest absolute Gasteiger partial charge is 0.377 e. The van der Waals surface area contributed by atoms with Crippen LogP contribution in [0.1, 0.15) is 35.1 Å². The van der Waals surface area contributed by atoms with Gasteiger partial charge in [-0.05, 0) is 42.5 Å². The summed E-state index contributed by atoms with van der Waals surface area (Å²) < 4.78 is 0. The molecule has 4 nitrogen and oxygen atoms in total. The average Bonchev–Trinajstić information content (AvgIpc) is 3.07. The van der Waals surface area contributed by atoms with Gasteiger partial charge in [-0.15, -0.1) is 0 Å². The number of nitrogens with one attached hydrogen (secondary N) is 1. The van der Waals surface area contributed by atoms with Gasteiger partial charge in [0.25, 0.3) is 5.69 Å². The summed E-state index contributed by atoms with van der Waals surface area (Å²) in [5.41, 5.74) is 4.03. The van der Waals surface area contributed by atoms with Crippen LogP contribution < -0.4 is 5.32 Å². The summed E-state index contributed by atoms with van der Waals surface area (Å²) in [7, 11) is 0. The average molecular weight is 375 g/mol. The van der Waals surface area contributed by atoms with Crippen molar-refractivity contribution in [2.45, 2.75) is 25.3 Å². The molecule has 0 amide bonds. The lowest BCUT2D eigenvalue weighted by Crippen LogP contribution is -2.30. The smallest absolute Gasteiger partial charge is 0.269 e. The minimum absolute atomic E-state index is 0.0531. The summed E-state index contributed by atoms with van der Waals surface area (Å²) >= 11 is 12.7. The van der Waals surface area contributed by atoms with E-state index in [0.29, 0.717) is 10.0 Å². The van der Waals surface area contributed by atoms with E-state index in [1.165, 1.54) is 11.6 Å². The number of hydrogen-bond donors (Lipinski definition) is 1. The summed E-state index contributed by atoms with van der Waals surface area (Å²) in [6.07, 6.45) is 5.30. The van der Waals surface area contributed by atoms with Crippen molar-refractivity contribution in [2.24, 2.45) is 5.92 Å². The summed E-state index contributed by atoms with van der Waals surface area (Å²) in [5, 5.41) is 16.0. The Morgan fingerprint density at radius 1 is 1.16 bits per heavy atom. The SMILES string of the molecule is Cc1c(Cl)ccc2c1N[C@H](c1cc([N+](=O)[O-])ccc1Cl)[C@@H]1CC=C[C@@H]21. The Balaban J connectivity index is 1.86. The van der Waals surface area contributed by atoms with Crippen LogP contribution in [0.3, 0.4) is 0 Å². The molecule has 1 N–H and O–H groups in total. The van der Waals surface area contributed by atoms with Crippen LogP contribution in [-0.4, -0.2) is 4.92 Å². The van der Waals surface area contributed by atoms with E-state index in [1.807, 2.05) is 13.0 Å². The topological polar surface area (TPSA) is 55.2 Å². The summed E-state index contributed by atoms with van der Waals surface area (Å²) in [6, 6.07) is 8.53. The van der Waals surface area contributed by atoms with Gasteiger partial charge in [-0.1, -0.05) is 41.4 Å². The van der Waals surface area contributed by atoms with Gasteiger partial charge in [0.1, 0.15) is 0 Å². The molecule has 3 atom stereocenters. The van der Waals surface area contributed by atoms with Gasteiger partial charge in [0.2, 0.25) is 0 Å². The maximum Gasteiger partial charge on any atom is 0.269 e. The fourth-order valence-corrected chi connectivity index (χ4v) is 4.37. The number of nitro benzene ring substituents is 1. The molecule has 4 rings (SSSR count). The molecule has 0 aromatic heterocycles. The van der Waals surface area contributed by atoms with E-state index < -0.39 is 0 Å². The quantitative estimate of drug-likeness (QED) is 0.396. The van der Waals surface area contributed by atoms with Gasteiger partial charge in [-0.3, -0.25) is 10.1 Å².